The first-order valence-electron chi connectivity index (χ1n) is 8.88. The number of nitrogens with zero attached hydrogens (tertiary/aromatic N) is 3. The molecular weight excluding hydrogens is 386 g/mol. The third-order valence-corrected chi connectivity index (χ3v) is 6.77. The normalized spacial score (nSPS) is 20.9. The molecule has 0 saturated carbocycles. The molecule has 1 aliphatic heterocycles. The largest absolute Gasteiger partial charge is 0.493 e. The van der Waals surface area contributed by atoms with Gasteiger partial charge in [-0.2, -0.15) is 9.29 Å². The summed E-state index contributed by atoms with van der Waals surface area (Å²) in [7, 11) is 0.807. The Bertz CT molecular complexity index is 929. The fourth-order valence-electron chi connectivity index (χ4n) is 3.39. The summed E-state index contributed by atoms with van der Waals surface area (Å²) in [5, 5.41) is 4.05. The number of ether oxygens (including phenoxy) is 3. The summed E-state index contributed by atoms with van der Waals surface area (Å²) in [6.45, 7) is 2.85. The van der Waals surface area contributed by atoms with Crippen LogP contribution < -0.4 is 9.47 Å². The molecule has 0 amide bonds. The van der Waals surface area contributed by atoms with Crippen LogP contribution >= 0.6 is 0 Å². The van der Waals surface area contributed by atoms with Crippen molar-refractivity contribution < 1.29 is 27.2 Å². The van der Waals surface area contributed by atoms with Gasteiger partial charge in [0.2, 0.25) is 10.0 Å². The fraction of sp³-hybridized carbons (Fsp3) is 0.556. The van der Waals surface area contributed by atoms with Crippen molar-refractivity contribution in [1.82, 2.24) is 14.4 Å². The Hall–Kier alpha value is -2.17. The Kier molecular flexibility index (Phi) is 5.92. The van der Waals surface area contributed by atoms with Crippen LogP contribution in [0.5, 0.6) is 11.5 Å². The van der Waals surface area contributed by atoms with Gasteiger partial charge < -0.3 is 18.7 Å². The molecule has 0 radical (unpaired) electrons. The minimum absolute atomic E-state index is 0.155. The molecule has 1 fully saturated rings. The molecule has 1 aromatic heterocycles. The Labute approximate surface area is 164 Å². The molecule has 9 nitrogen and oxygen atoms in total. The lowest BCUT2D eigenvalue weighted by Gasteiger charge is -2.37. The highest BCUT2D eigenvalue weighted by Gasteiger charge is 2.41. The second kappa shape index (κ2) is 8.06. The molecule has 2 heterocycles. The number of benzene rings is 1. The van der Waals surface area contributed by atoms with Gasteiger partial charge in [0.25, 0.3) is 5.89 Å². The molecule has 1 atom stereocenters. The van der Waals surface area contributed by atoms with E-state index in [0.717, 1.165) is 6.42 Å². The number of rotatable bonds is 7. The van der Waals surface area contributed by atoms with Crippen LogP contribution in [0.2, 0.25) is 0 Å². The lowest BCUT2D eigenvalue weighted by Crippen LogP contribution is -2.47. The predicted molar refractivity (Wildman–Crippen MR) is 99.9 cm³/mol. The van der Waals surface area contributed by atoms with E-state index in [1.165, 1.54) is 30.7 Å². The number of sulfonamides is 1. The van der Waals surface area contributed by atoms with Gasteiger partial charge in [0.05, 0.1) is 19.1 Å². The molecule has 1 aliphatic rings. The summed E-state index contributed by atoms with van der Waals surface area (Å²) in [4.78, 5) is 4.53. The predicted octanol–water partition coefficient (Wildman–Crippen LogP) is 1.98. The maximum absolute atomic E-state index is 13.2. The molecular formula is C18H25N3O6S. The zero-order chi connectivity index (χ0) is 20.4. The average Bonchev–Trinajstić information content (AvgIpc) is 3.17. The van der Waals surface area contributed by atoms with E-state index in [-0.39, 0.29) is 18.0 Å². The third kappa shape index (κ3) is 3.85. The molecule has 1 saturated heterocycles. The zero-order valence-corrected chi connectivity index (χ0v) is 17.3. The summed E-state index contributed by atoms with van der Waals surface area (Å²) in [5.74, 6) is 1.71. The van der Waals surface area contributed by atoms with Crippen molar-refractivity contribution in [3.05, 3.63) is 29.9 Å². The highest BCUT2D eigenvalue weighted by atomic mass is 32.2. The van der Waals surface area contributed by atoms with Crippen LogP contribution in [0.1, 0.15) is 31.5 Å². The summed E-state index contributed by atoms with van der Waals surface area (Å²) in [6, 6.07) is 4.59. The standard InChI is InChI=1S/C18H25N3O6S/c1-18(17-19-16(11-24-2)27-20-17)8-5-9-21(12-18)28(22,23)13-6-7-14(25-3)15(10-13)26-4/h6-7,10H,5,8-9,11-12H2,1-4H3. The monoisotopic (exact) mass is 411 g/mol. The van der Waals surface area contributed by atoms with E-state index in [2.05, 4.69) is 10.1 Å². The quantitative estimate of drug-likeness (QED) is 0.681. The number of methoxy groups -OCH3 is 3. The molecule has 0 N–H and O–H groups in total. The van der Waals surface area contributed by atoms with Crippen molar-refractivity contribution in [1.29, 1.82) is 0 Å². The molecule has 3 rings (SSSR count). The van der Waals surface area contributed by atoms with Crippen LogP contribution in [0.15, 0.2) is 27.6 Å². The summed E-state index contributed by atoms with van der Waals surface area (Å²) in [5.41, 5.74) is -0.544. The van der Waals surface area contributed by atoms with Crippen molar-refractivity contribution in [2.45, 2.75) is 36.7 Å². The first kappa shape index (κ1) is 20.6. The van der Waals surface area contributed by atoms with Crippen LogP contribution in [0, 0.1) is 0 Å². The van der Waals surface area contributed by atoms with Gasteiger partial charge in [-0.3, -0.25) is 0 Å². The van der Waals surface area contributed by atoms with E-state index in [1.54, 1.807) is 13.2 Å². The van der Waals surface area contributed by atoms with Gasteiger partial charge in [0.15, 0.2) is 17.3 Å². The molecule has 2 aromatic rings. The third-order valence-electron chi connectivity index (χ3n) is 4.93. The van der Waals surface area contributed by atoms with Gasteiger partial charge in [-0.1, -0.05) is 12.1 Å². The zero-order valence-electron chi connectivity index (χ0n) is 16.5. The van der Waals surface area contributed by atoms with E-state index in [4.69, 9.17) is 18.7 Å². The lowest BCUT2D eigenvalue weighted by molar-refractivity contribution is 0.151. The van der Waals surface area contributed by atoms with E-state index in [9.17, 15) is 8.42 Å². The minimum atomic E-state index is -3.72. The number of hydrogen-bond donors (Lipinski definition) is 0. The SMILES string of the molecule is COCc1nc(C2(C)CCCN(S(=O)(=O)c3ccc(OC)c(OC)c3)C2)no1. The van der Waals surface area contributed by atoms with Crippen LogP contribution in [-0.4, -0.2) is 57.3 Å². The Morgan fingerprint density at radius 2 is 1.96 bits per heavy atom. The molecule has 28 heavy (non-hydrogen) atoms. The topological polar surface area (TPSA) is 104 Å². The fourth-order valence-corrected chi connectivity index (χ4v) is 5.01. The van der Waals surface area contributed by atoms with E-state index >= 15 is 0 Å². The highest BCUT2D eigenvalue weighted by Crippen LogP contribution is 2.36. The molecule has 1 unspecified atom stereocenters. The van der Waals surface area contributed by atoms with Crippen LogP contribution in [-0.2, 0) is 26.8 Å². The molecule has 0 aliphatic carbocycles. The number of hydrogen-bond acceptors (Lipinski definition) is 8. The maximum atomic E-state index is 13.2. The van der Waals surface area contributed by atoms with E-state index in [1.807, 2.05) is 6.92 Å². The molecule has 0 spiro atoms. The Morgan fingerprint density at radius 3 is 2.64 bits per heavy atom. The smallest absolute Gasteiger partial charge is 0.252 e. The van der Waals surface area contributed by atoms with Gasteiger partial charge in [0.1, 0.15) is 6.61 Å². The molecule has 0 bridgehead atoms. The lowest BCUT2D eigenvalue weighted by atomic mass is 9.82. The Balaban J connectivity index is 1.88. The van der Waals surface area contributed by atoms with Crippen molar-refractivity contribution in [2.24, 2.45) is 0 Å². The number of piperidine rings is 1. The first-order chi connectivity index (χ1) is 13.3. The van der Waals surface area contributed by atoms with Gasteiger partial charge >= 0.3 is 0 Å². The second-order valence-electron chi connectivity index (χ2n) is 6.96. The second-order valence-corrected chi connectivity index (χ2v) is 8.90. The van der Waals surface area contributed by atoms with Gasteiger partial charge in [0, 0.05) is 31.7 Å². The van der Waals surface area contributed by atoms with Crippen molar-refractivity contribution in [2.75, 3.05) is 34.4 Å². The van der Waals surface area contributed by atoms with Crippen molar-refractivity contribution in [3.63, 3.8) is 0 Å². The van der Waals surface area contributed by atoms with Crippen molar-refractivity contribution in [3.8, 4) is 11.5 Å². The maximum Gasteiger partial charge on any atom is 0.252 e. The minimum Gasteiger partial charge on any atom is -0.493 e. The molecule has 154 valence electrons. The van der Waals surface area contributed by atoms with Crippen LogP contribution in [0.3, 0.4) is 0 Å². The summed E-state index contributed by atoms with van der Waals surface area (Å²) in [6.07, 6.45) is 1.45. The van der Waals surface area contributed by atoms with Crippen LogP contribution in [0.25, 0.3) is 0 Å². The van der Waals surface area contributed by atoms with E-state index < -0.39 is 15.4 Å². The van der Waals surface area contributed by atoms with E-state index in [0.29, 0.717) is 36.2 Å². The van der Waals surface area contributed by atoms with Gasteiger partial charge in [-0.25, -0.2) is 8.42 Å². The molecule has 10 heteroatoms. The number of aromatic nitrogens is 2. The van der Waals surface area contributed by atoms with Gasteiger partial charge in [-0.05, 0) is 25.0 Å². The summed E-state index contributed by atoms with van der Waals surface area (Å²) >= 11 is 0. The molecule has 1 aromatic carbocycles. The first-order valence-corrected chi connectivity index (χ1v) is 10.3. The summed E-state index contributed by atoms with van der Waals surface area (Å²) < 4.78 is 48.6. The van der Waals surface area contributed by atoms with Crippen molar-refractivity contribution >= 4 is 10.0 Å². The Morgan fingerprint density at radius 1 is 1.21 bits per heavy atom. The van der Waals surface area contributed by atoms with Crippen LogP contribution in [0.4, 0.5) is 0 Å². The highest BCUT2D eigenvalue weighted by molar-refractivity contribution is 7.89. The average molecular weight is 411 g/mol. The van der Waals surface area contributed by atoms with Gasteiger partial charge in [-0.15, -0.1) is 0 Å².